The lowest BCUT2D eigenvalue weighted by atomic mass is 10.1. The predicted octanol–water partition coefficient (Wildman–Crippen LogP) is 4.27. The van der Waals surface area contributed by atoms with E-state index in [2.05, 4.69) is 39.2 Å². The second-order valence-corrected chi connectivity index (χ2v) is 8.44. The van der Waals surface area contributed by atoms with Crippen LogP contribution in [-0.2, 0) is 11.2 Å². The van der Waals surface area contributed by atoms with Gasteiger partial charge in [-0.3, -0.25) is 14.6 Å². The van der Waals surface area contributed by atoms with Gasteiger partial charge >= 0.3 is 0 Å². The van der Waals surface area contributed by atoms with Crippen molar-refractivity contribution in [3.8, 4) is 11.5 Å². The standard InChI is InChI=1S/C24H28ClN5O2/c1-3-18-7-4-5-10-21(18)26-22(31)16-29-11-13-30(14-12-29)17(2)23-27-28-24(32-23)19-8-6-9-20(25)15-19/h4-10,15,17H,3,11-14,16H2,1-2H3,(H,26,31). The first-order chi connectivity index (χ1) is 15.5. The van der Waals surface area contributed by atoms with Crippen molar-refractivity contribution in [2.24, 2.45) is 0 Å². The number of anilines is 1. The van der Waals surface area contributed by atoms with Crippen molar-refractivity contribution < 1.29 is 9.21 Å². The van der Waals surface area contributed by atoms with Crippen molar-refractivity contribution in [1.82, 2.24) is 20.0 Å². The molecule has 1 fully saturated rings. The molecule has 0 saturated carbocycles. The largest absolute Gasteiger partial charge is 0.419 e. The number of benzene rings is 2. The molecule has 0 radical (unpaired) electrons. The molecular formula is C24H28ClN5O2. The molecule has 2 aromatic carbocycles. The van der Waals surface area contributed by atoms with Gasteiger partial charge in [0, 0.05) is 42.5 Å². The quantitative estimate of drug-likeness (QED) is 0.575. The Labute approximate surface area is 193 Å². The van der Waals surface area contributed by atoms with E-state index in [4.69, 9.17) is 16.0 Å². The predicted molar refractivity (Wildman–Crippen MR) is 126 cm³/mol. The van der Waals surface area contributed by atoms with Crippen molar-refractivity contribution in [1.29, 1.82) is 0 Å². The molecule has 1 aliphatic rings. The van der Waals surface area contributed by atoms with Gasteiger partial charge in [-0.15, -0.1) is 10.2 Å². The van der Waals surface area contributed by atoms with E-state index < -0.39 is 0 Å². The lowest BCUT2D eigenvalue weighted by molar-refractivity contribution is -0.117. The molecule has 2 heterocycles. The third-order valence-corrected chi connectivity index (χ3v) is 6.10. The number of piperazine rings is 1. The topological polar surface area (TPSA) is 74.5 Å². The van der Waals surface area contributed by atoms with Gasteiger partial charge in [0.15, 0.2) is 0 Å². The van der Waals surface area contributed by atoms with Gasteiger partial charge in [-0.05, 0) is 43.2 Å². The summed E-state index contributed by atoms with van der Waals surface area (Å²) in [5.74, 6) is 1.08. The van der Waals surface area contributed by atoms with Gasteiger partial charge in [0.2, 0.25) is 17.7 Å². The van der Waals surface area contributed by atoms with Crippen LogP contribution >= 0.6 is 11.6 Å². The summed E-state index contributed by atoms with van der Waals surface area (Å²) in [4.78, 5) is 17.0. The highest BCUT2D eigenvalue weighted by molar-refractivity contribution is 6.30. The Hall–Kier alpha value is -2.74. The van der Waals surface area contributed by atoms with E-state index in [1.165, 1.54) is 0 Å². The summed E-state index contributed by atoms with van der Waals surface area (Å²) >= 11 is 6.06. The Balaban J connectivity index is 1.29. The lowest BCUT2D eigenvalue weighted by Crippen LogP contribution is -2.49. The molecule has 0 aliphatic carbocycles. The summed E-state index contributed by atoms with van der Waals surface area (Å²) in [6.45, 7) is 7.82. The molecule has 3 aromatic rings. The van der Waals surface area contributed by atoms with Crippen LogP contribution in [0.2, 0.25) is 5.02 Å². The average Bonchev–Trinajstić information content (AvgIpc) is 3.30. The van der Waals surface area contributed by atoms with Gasteiger partial charge in [-0.25, -0.2) is 0 Å². The zero-order valence-corrected chi connectivity index (χ0v) is 19.2. The minimum absolute atomic E-state index is 0.00263. The molecule has 1 aliphatic heterocycles. The molecule has 1 unspecified atom stereocenters. The molecule has 1 atom stereocenters. The summed E-state index contributed by atoms with van der Waals surface area (Å²) in [6, 6.07) is 15.3. The van der Waals surface area contributed by atoms with E-state index in [9.17, 15) is 4.79 Å². The van der Waals surface area contributed by atoms with E-state index in [1.807, 2.05) is 48.5 Å². The second kappa shape index (κ2) is 10.3. The Bertz CT molecular complexity index is 1060. The Kier molecular flexibility index (Phi) is 7.19. The fourth-order valence-electron chi connectivity index (χ4n) is 3.95. The first-order valence-electron chi connectivity index (χ1n) is 11.0. The van der Waals surface area contributed by atoms with Crippen LogP contribution in [0.4, 0.5) is 5.69 Å². The number of nitrogens with one attached hydrogen (secondary N) is 1. The van der Waals surface area contributed by atoms with Crippen molar-refractivity contribution in [2.45, 2.75) is 26.3 Å². The maximum Gasteiger partial charge on any atom is 0.247 e. The van der Waals surface area contributed by atoms with E-state index in [0.717, 1.165) is 49.4 Å². The molecule has 7 nitrogen and oxygen atoms in total. The number of hydrogen-bond donors (Lipinski definition) is 1. The second-order valence-electron chi connectivity index (χ2n) is 8.00. The van der Waals surface area contributed by atoms with Gasteiger partial charge in [0.05, 0.1) is 12.6 Å². The van der Waals surface area contributed by atoms with Crippen LogP contribution in [0.15, 0.2) is 52.9 Å². The third kappa shape index (κ3) is 5.35. The zero-order valence-electron chi connectivity index (χ0n) is 18.4. The van der Waals surface area contributed by atoms with E-state index in [0.29, 0.717) is 23.3 Å². The molecule has 1 saturated heterocycles. The van der Waals surface area contributed by atoms with Crippen LogP contribution in [-0.4, -0.2) is 58.6 Å². The number of hydrogen-bond acceptors (Lipinski definition) is 6. The van der Waals surface area contributed by atoms with Crippen molar-refractivity contribution in [3.63, 3.8) is 0 Å². The fourth-order valence-corrected chi connectivity index (χ4v) is 4.14. The molecule has 4 rings (SSSR count). The first kappa shape index (κ1) is 22.5. The van der Waals surface area contributed by atoms with E-state index in [-0.39, 0.29) is 11.9 Å². The van der Waals surface area contributed by atoms with Gasteiger partial charge in [-0.1, -0.05) is 42.8 Å². The molecule has 1 amide bonds. The van der Waals surface area contributed by atoms with E-state index >= 15 is 0 Å². The van der Waals surface area contributed by atoms with E-state index in [1.54, 1.807) is 0 Å². The number of amides is 1. The highest BCUT2D eigenvalue weighted by Crippen LogP contribution is 2.26. The molecule has 0 spiro atoms. The molecule has 168 valence electrons. The number of carbonyl (C=O) groups is 1. The first-order valence-corrected chi connectivity index (χ1v) is 11.3. The average molecular weight is 454 g/mol. The number of halogens is 1. The number of para-hydroxylation sites is 1. The summed E-state index contributed by atoms with van der Waals surface area (Å²) < 4.78 is 5.92. The SMILES string of the molecule is CCc1ccccc1NC(=O)CN1CCN(C(C)c2nnc(-c3cccc(Cl)c3)o2)CC1. The number of aromatic nitrogens is 2. The van der Waals surface area contributed by atoms with Crippen LogP contribution in [0.5, 0.6) is 0 Å². The number of rotatable bonds is 7. The monoisotopic (exact) mass is 453 g/mol. The van der Waals surface area contributed by atoms with Gasteiger partial charge in [-0.2, -0.15) is 0 Å². The third-order valence-electron chi connectivity index (χ3n) is 5.86. The van der Waals surface area contributed by atoms with Crippen LogP contribution in [0.1, 0.15) is 31.3 Å². The maximum atomic E-state index is 12.5. The van der Waals surface area contributed by atoms with Crippen molar-refractivity contribution >= 4 is 23.2 Å². The summed E-state index contributed by atoms with van der Waals surface area (Å²) in [5.41, 5.74) is 2.86. The molecule has 1 aromatic heterocycles. The highest BCUT2D eigenvalue weighted by atomic mass is 35.5. The number of aryl methyl sites for hydroxylation is 1. The summed E-state index contributed by atoms with van der Waals surface area (Å²) in [7, 11) is 0. The number of carbonyl (C=O) groups excluding carboxylic acids is 1. The Morgan fingerprint density at radius 1 is 1.12 bits per heavy atom. The highest BCUT2D eigenvalue weighted by Gasteiger charge is 2.26. The molecule has 32 heavy (non-hydrogen) atoms. The van der Waals surface area contributed by atoms with Crippen molar-refractivity contribution in [3.05, 3.63) is 65.0 Å². The van der Waals surface area contributed by atoms with Gasteiger partial charge < -0.3 is 9.73 Å². The normalized spacial score (nSPS) is 16.1. The number of nitrogens with zero attached hydrogens (tertiary/aromatic N) is 4. The maximum absolute atomic E-state index is 12.5. The van der Waals surface area contributed by atoms with Gasteiger partial charge in [0.25, 0.3) is 0 Å². The van der Waals surface area contributed by atoms with Crippen molar-refractivity contribution in [2.75, 3.05) is 38.0 Å². The molecular weight excluding hydrogens is 426 g/mol. The minimum atomic E-state index is 0.00263. The molecule has 0 bridgehead atoms. The minimum Gasteiger partial charge on any atom is -0.419 e. The molecule has 1 N–H and O–H groups in total. The lowest BCUT2D eigenvalue weighted by Gasteiger charge is -2.36. The Morgan fingerprint density at radius 2 is 1.91 bits per heavy atom. The van der Waals surface area contributed by atoms with Crippen LogP contribution in [0.25, 0.3) is 11.5 Å². The van der Waals surface area contributed by atoms with Gasteiger partial charge in [0.1, 0.15) is 0 Å². The smallest absolute Gasteiger partial charge is 0.247 e. The fraction of sp³-hybridized carbons (Fsp3) is 0.375. The van der Waals surface area contributed by atoms with Crippen LogP contribution < -0.4 is 5.32 Å². The zero-order chi connectivity index (χ0) is 22.5. The molecule has 8 heteroatoms. The van der Waals surface area contributed by atoms with Crippen LogP contribution in [0, 0.1) is 0 Å². The summed E-state index contributed by atoms with van der Waals surface area (Å²) in [5, 5.41) is 12.1. The summed E-state index contributed by atoms with van der Waals surface area (Å²) in [6.07, 6.45) is 0.891. The van der Waals surface area contributed by atoms with Crippen LogP contribution in [0.3, 0.4) is 0 Å². The Morgan fingerprint density at radius 3 is 2.66 bits per heavy atom.